The van der Waals surface area contributed by atoms with Crippen LogP contribution in [0.2, 0.25) is 0 Å². The number of aliphatic hydroxyl groups is 1. The number of aliphatic hydroxyl groups excluding tert-OH is 1. The summed E-state index contributed by atoms with van der Waals surface area (Å²) in [5.41, 5.74) is 33.7. The van der Waals surface area contributed by atoms with Gasteiger partial charge in [-0.3, -0.25) is 48.3 Å². The van der Waals surface area contributed by atoms with Crippen LogP contribution < -0.4 is 75.9 Å². The molecule has 1 aliphatic heterocycles. The van der Waals surface area contributed by atoms with E-state index in [1.807, 2.05) is 45.0 Å². The van der Waals surface area contributed by atoms with Gasteiger partial charge in [-0.2, -0.15) is 4.72 Å². The molecule has 20 N–H and O–H groups in total. The fraction of sp³-hybridized carbons (Fsp3) is 0.615. The Labute approximate surface area is 473 Å². The van der Waals surface area contributed by atoms with Gasteiger partial charge in [-0.15, -0.1) is 0 Å². The van der Waals surface area contributed by atoms with E-state index in [0.29, 0.717) is 30.0 Å². The number of nitrogens with two attached hydrogens (primary N) is 6. The average Bonchev–Trinajstić information content (AvgIpc) is 4.06. The van der Waals surface area contributed by atoms with E-state index in [-0.39, 0.29) is 93.9 Å². The molecule has 0 aromatic heterocycles. The molecular weight excluding hydrogens is 1070 g/mol. The van der Waals surface area contributed by atoms with Gasteiger partial charge in [0.05, 0.1) is 17.5 Å². The number of unbranched alkanes of at least 4 members (excludes halogenated alkanes) is 1. The first-order valence-electron chi connectivity index (χ1n) is 27.2. The molecular formula is C52H87N17O11S. The topological polar surface area (TPSA) is 462 Å². The number of guanidine groups is 2. The van der Waals surface area contributed by atoms with E-state index < -0.39 is 118 Å². The van der Waals surface area contributed by atoms with E-state index in [4.69, 9.17) is 34.4 Å². The summed E-state index contributed by atoms with van der Waals surface area (Å²) in [7, 11) is -0.618. The summed E-state index contributed by atoms with van der Waals surface area (Å²) in [5, 5.41) is 27.1. The van der Waals surface area contributed by atoms with Gasteiger partial charge in [-0.05, 0) is 102 Å². The highest BCUT2D eigenvalue weighted by Gasteiger charge is 2.41. The molecule has 0 bridgehead atoms. The van der Waals surface area contributed by atoms with Crippen LogP contribution in [0.5, 0.6) is 0 Å². The summed E-state index contributed by atoms with van der Waals surface area (Å²) in [5.74, 6) is -7.57. The molecule has 29 heteroatoms. The first kappa shape index (κ1) is 67.9. The largest absolute Gasteiger partial charge is 0.391 e. The van der Waals surface area contributed by atoms with Crippen molar-refractivity contribution in [3.05, 3.63) is 36.4 Å². The normalized spacial score (nSPS) is 15.9. The highest BCUT2D eigenvalue weighted by molar-refractivity contribution is 7.89. The van der Waals surface area contributed by atoms with Crippen molar-refractivity contribution in [2.24, 2.45) is 56.2 Å². The van der Waals surface area contributed by atoms with Crippen molar-refractivity contribution in [3.8, 4) is 0 Å². The van der Waals surface area contributed by atoms with Crippen LogP contribution in [0.3, 0.4) is 0 Å². The number of primary amides is 1. The fourth-order valence-corrected chi connectivity index (χ4v) is 10.6. The number of nitrogens with one attached hydrogen (secondary N) is 7. The SMILES string of the molecule is CC(C)C[C@H](NS(=O)(=O)c1cccc2c(N(C)C)cccc12)C(=O)N1CCC[C@H]1C(=O)N[C@@H](CCCCN)C(=O)N[C@H](C(=O)NCC(=O)N[C@H](C(=O)N[C@@H](CCCN=C(N)N)C(=O)N[C@@H](CCCN=C(N)N)C(N)=O)C(C)C)[C@@H](C)O. The summed E-state index contributed by atoms with van der Waals surface area (Å²) >= 11 is 0. The van der Waals surface area contributed by atoms with Gasteiger partial charge in [-0.1, -0.05) is 52.0 Å². The van der Waals surface area contributed by atoms with Gasteiger partial charge in [0, 0.05) is 50.2 Å². The highest BCUT2D eigenvalue weighted by atomic mass is 32.2. The van der Waals surface area contributed by atoms with Crippen molar-refractivity contribution in [1.29, 1.82) is 0 Å². The molecule has 3 rings (SSSR count). The van der Waals surface area contributed by atoms with Crippen LogP contribution >= 0.6 is 0 Å². The molecule has 1 aliphatic rings. The zero-order valence-electron chi connectivity index (χ0n) is 47.5. The number of benzene rings is 2. The molecule has 8 atom stereocenters. The standard InChI is InChI=1S/C52H87N17O11S/c1-29(2)27-37(67-81(79,80)40-22-11-15-32-33(40)16-10-20-38(32)68(6)7)50(78)69-26-14-21-39(69)47(75)63-35(17-8-9-23-53)46(74)66-43(31(5)70)48(76)61-28-41(71)65-42(30(3)4)49(77)64-36(19-13-25-60-52(57)58)45(73)62-34(44(54)72)18-12-24-59-51(55)56/h10-11,15-16,20,22,29-31,34-37,39,42-43,67,70H,8-9,12-14,17-19,21,23-28,53H2,1-7H3,(H2,54,72)(H,61,76)(H,62,73)(H,63,75)(H,64,77)(H,65,71)(H,66,74)(H4,55,56,59)(H4,57,58,60)/t31-,34+,35+,36+,37+,39+,42+,43+/m1/s1. The molecule has 2 aromatic rings. The zero-order chi connectivity index (χ0) is 60.7. The summed E-state index contributed by atoms with van der Waals surface area (Å²) in [6, 6.07) is 1.21. The summed E-state index contributed by atoms with van der Waals surface area (Å²) in [6.45, 7) is 8.01. The minimum absolute atomic E-state index is 0.0115. The first-order valence-corrected chi connectivity index (χ1v) is 28.7. The molecule has 8 amide bonds. The molecule has 2 aromatic carbocycles. The van der Waals surface area contributed by atoms with Gasteiger partial charge < -0.3 is 81.2 Å². The van der Waals surface area contributed by atoms with Crippen molar-refractivity contribution in [2.45, 2.75) is 152 Å². The molecule has 1 saturated heterocycles. The van der Waals surface area contributed by atoms with Gasteiger partial charge in [0.2, 0.25) is 57.3 Å². The van der Waals surface area contributed by atoms with E-state index in [2.05, 4.69) is 46.6 Å². The molecule has 1 fully saturated rings. The monoisotopic (exact) mass is 1160 g/mol. The van der Waals surface area contributed by atoms with Crippen molar-refractivity contribution in [2.75, 3.05) is 51.7 Å². The van der Waals surface area contributed by atoms with Gasteiger partial charge in [0.25, 0.3) is 0 Å². The van der Waals surface area contributed by atoms with Crippen LogP contribution in [0.4, 0.5) is 5.69 Å². The average molecular weight is 1160 g/mol. The Morgan fingerprint density at radius 2 is 1.26 bits per heavy atom. The Hall–Kier alpha value is -7.37. The zero-order valence-corrected chi connectivity index (χ0v) is 48.4. The minimum atomic E-state index is -4.31. The van der Waals surface area contributed by atoms with Crippen molar-refractivity contribution in [1.82, 2.24) is 41.5 Å². The molecule has 452 valence electrons. The molecule has 81 heavy (non-hydrogen) atoms. The summed E-state index contributed by atoms with van der Waals surface area (Å²) in [4.78, 5) is 120. The Bertz CT molecular complexity index is 2660. The number of anilines is 1. The van der Waals surface area contributed by atoms with Gasteiger partial charge in [-0.25, -0.2) is 8.42 Å². The Balaban J connectivity index is 1.75. The van der Waals surface area contributed by atoms with Crippen LogP contribution in [0.15, 0.2) is 51.3 Å². The lowest BCUT2D eigenvalue weighted by molar-refractivity contribution is -0.141. The Kier molecular flexibility index (Phi) is 27.5. The van der Waals surface area contributed by atoms with E-state index in [9.17, 15) is 51.9 Å². The second kappa shape index (κ2) is 32.8. The predicted molar refractivity (Wildman–Crippen MR) is 308 cm³/mol. The molecule has 0 unspecified atom stereocenters. The quantitative estimate of drug-likeness (QED) is 0.0187. The second-order valence-electron chi connectivity index (χ2n) is 21.0. The predicted octanol–water partition coefficient (Wildman–Crippen LogP) is -3.11. The maximum atomic E-state index is 14.5. The molecule has 0 aliphatic carbocycles. The van der Waals surface area contributed by atoms with Crippen LogP contribution in [-0.2, 0) is 48.4 Å². The fourth-order valence-electron chi connectivity index (χ4n) is 9.13. The van der Waals surface area contributed by atoms with E-state index >= 15 is 0 Å². The third kappa shape index (κ3) is 21.6. The van der Waals surface area contributed by atoms with Gasteiger partial charge in [0.1, 0.15) is 42.3 Å². The number of hydrogen-bond donors (Lipinski definition) is 14. The number of sulfonamides is 1. The Morgan fingerprint density at radius 1 is 0.691 bits per heavy atom. The van der Waals surface area contributed by atoms with Crippen molar-refractivity contribution < 1.29 is 51.9 Å². The number of nitrogens with zero attached hydrogens (tertiary/aromatic N) is 4. The maximum absolute atomic E-state index is 14.5. The number of aliphatic imine (C=N–C) groups is 2. The lowest BCUT2D eigenvalue weighted by Gasteiger charge is -2.31. The molecule has 1 heterocycles. The van der Waals surface area contributed by atoms with E-state index in [1.165, 1.54) is 17.9 Å². The number of carbonyl (C=O) groups excluding carboxylic acids is 8. The minimum Gasteiger partial charge on any atom is -0.391 e. The molecule has 28 nitrogen and oxygen atoms in total. The highest BCUT2D eigenvalue weighted by Crippen LogP contribution is 2.31. The van der Waals surface area contributed by atoms with Crippen molar-refractivity contribution >= 4 is 85.7 Å². The molecule has 0 radical (unpaired) electrons. The number of carbonyl (C=O) groups is 8. The van der Waals surface area contributed by atoms with Crippen LogP contribution in [-0.4, -0.2) is 173 Å². The van der Waals surface area contributed by atoms with Gasteiger partial charge >= 0.3 is 0 Å². The van der Waals surface area contributed by atoms with Crippen LogP contribution in [0, 0.1) is 11.8 Å². The number of likely N-dealkylation sites (tertiary alicyclic amines) is 1. The number of hydrogen-bond acceptors (Lipinski definition) is 15. The van der Waals surface area contributed by atoms with Gasteiger partial charge in [0.15, 0.2) is 11.9 Å². The van der Waals surface area contributed by atoms with Crippen LogP contribution in [0.25, 0.3) is 10.8 Å². The Morgan fingerprint density at radius 3 is 1.83 bits per heavy atom. The first-order chi connectivity index (χ1) is 38.1. The maximum Gasteiger partial charge on any atom is 0.245 e. The lowest BCUT2D eigenvalue weighted by Crippen LogP contribution is -2.60. The number of fused-ring (bicyclic) bond motifs is 1. The smallest absolute Gasteiger partial charge is 0.245 e. The number of rotatable bonds is 34. The molecule has 0 saturated carbocycles. The summed E-state index contributed by atoms with van der Waals surface area (Å²) < 4.78 is 31.0. The second-order valence-corrected chi connectivity index (χ2v) is 22.7. The van der Waals surface area contributed by atoms with Crippen molar-refractivity contribution in [3.63, 3.8) is 0 Å². The summed E-state index contributed by atoms with van der Waals surface area (Å²) in [6.07, 6.45) is 0.535. The third-order valence-electron chi connectivity index (χ3n) is 13.3. The lowest BCUT2D eigenvalue weighted by atomic mass is 10.0. The van der Waals surface area contributed by atoms with Crippen LogP contribution in [0.1, 0.15) is 98.8 Å². The number of amides is 8. The van der Waals surface area contributed by atoms with E-state index in [1.54, 1.807) is 32.0 Å². The van der Waals surface area contributed by atoms with E-state index in [0.717, 1.165) is 5.69 Å². The third-order valence-corrected chi connectivity index (χ3v) is 14.8. The molecule has 0 spiro atoms.